The van der Waals surface area contributed by atoms with Crippen LogP contribution in [0.3, 0.4) is 0 Å². The van der Waals surface area contributed by atoms with Gasteiger partial charge in [-0.25, -0.2) is 0 Å². The fourth-order valence-corrected chi connectivity index (χ4v) is 7.36. The van der Waals surface area contributed by atoms with Gasteiger partial charge in [0, 0.05) is 25.6 Å². The van der Waals surface area contributed by atoms with Crippen LogP contribution in [0.1, 0.15) is 51.0 Å². The number of nitrogen functional groups attached to an aromatic ring is 1. The molecule has 0 spiro atoms. The van der Waals surface area contributed by atoms with E-state index in [0.717, 1.165) is 33.4 Å². The maximum absolute atomic E-state index is 11.8. The minimum Gasteiger partial charge on any atom is -0.487 e. The number of hydrogen-bond acceptors (Lipinski definition) is 6. The van der Waals surface area contributed by atoms with Crippen molar-refractivity contribution in [1.29, 1.82) is 0 Å². The van der Waals surface area contributed by atoms with E-state index < -0.39 is 6.10 Å². The van der Waals surface area contributed by atoms with Gasteiger partial charge in [0.2, 0.25) is 0 Å². The number of anilines is 1. The third kappa shape index (κ3) is 11.2. The van der Waals surface area contributed by atoms with E-state index in [-0.39, 0.29) is 5.92 Å². The predicted molar refractivity (Wildman–Crippen MR) is 235 cm³/mol. The number of aliphatic hydroxyl groups excluding tert-OH is 1. The molecule has 0 heterocycles. The highest BCUT2D eigenvalue weighted by Gasteiger charge is 2.24. The molecule has 0 unspecified atom stereocenters. The molecule has 0 saturated heterocycles. The van der Waals surface area contributed by atoms with Crippen LogP contribution in [0.2, 0.25) is 10.0 Å². The first-order valence-corrected chi connectivity index (χ1v) is 20.1. The summed E-state index contributed by atoms with van der Waals surface area (Å²) >= 11 is 13.9. The minimum absolute atomic E-state index is 0.198. The van der Waals surface area contributed by atoms with E-state index in [9.17, 15) is 5.11 Å². The molecule has 58 heavy (non-hydrogen) atoms. The van der Waals surface area contributed by atoms with Crippen LogP contribution in [-0.4, -0.2) is 23.1 Å². The number of hydrogen-bond donors (Lipinski definition) is 2. The van der Waals surface area contributed by atoms with Gasteiger partial charge >= 0.3 is 0 Å². The van der Waals surface area contributed by atoms with Crippen molar-refractivity contribution in [3.05, 3.63) is 225 Å². The lowest BCUT2D eigenvalue weighted by Crippen LogP contribution is -2.33. The fraction of sp³-hybridized carbons (Fsp3) is 0.160. The van der Waals surface area contributed by atoms with E-state index in [2.05, 4.69) is 29.2 Å². The molecule has 0 aliphatic carbocycles. The maximum Gasteiger partial charge on any atom is 0.142 e. The van der Waals surface area contributed by atoms with Crippen LogP contribution >= 0.6 is 23.2 Å². The van der Waals surface area contributed by atoms with Crippen molar-refractivity contribution in [2.75, 3.05) is 18.8 Å². The molecule has 7 rings (SSSR count). The number of halogens is 2. The average Bonchev–Trinajstić information content (AvgIpc) is 3.25. The van der Waals surface area contributed by atoms with Gasteiger partial charge in [-0.1, -0.05) is 163 Å². The summed E-state index contributed by atoms with van der Waals surface area (Å²) in [5, 5.41) is 12.8. The van der Waals surface area contributed by atoms with Gasteiger partial charge in [0.1, 0.15) is 37.1 Å². The molecule has 7 aromatic rings. The first-order chi connectivity index (χ1) is 28.4. The average molecular weight is 810 g/mol. The van der Waals surface area contributed by atoms with Crippen molar-refractivity contribution in [1.82, 2.24) is 4.90 Å². The first-order valence-electron chi connectivity index (χ1n) is 19.3. The zero-order valence-corrected chi connectivity index (χ0v) is 33.6. The number of nitrogens with zero attached hydrogens (tertiary/aromatic N) is 1. The van der Waals surface area contributed by atoms with Crippen molar-refractivity contribution in [2.45, 2.75) is 38.4 Å². The standard InChI is InChI=1S/C50H46Cl2N2O4/c51-44-27-40(21-24-48(44)56-33-37-15-7-2-8-16-37)43(41-22-25-49(45(52)28-41)57-34-38-17-9-3-10-18-38)31-54(30-36-13-5-1-6-14-36)32-47(55)42-23-26-50(46(53)29-42)58-35-39-19-11-4-12-20-39/h1-29,43,47,55H,30-35,53H2/t47-/m0/s1. The third-order valence-corrected chi connectivity index (χ3v) is 10.6. The summed E-state index contributed by atoms with van der Waals surface area (Å²) in [7, 11) is 0. The fourth-order valence-electron chi connectivity index (χ4n) is 6.87. The summed E-state index contributed by atoms with van der Waals surface area (Å²) in [6, 6.07) is 57.6. The summed E-state index contributed by atoms with van der Waals surface area (Å²) in [5.41, 5.74) is 13.9. The van der Waals surface area contributed by atoms with Crippen molar-refractivity contribution >= 4 is 28.9 Å². The molecule has 294 valence electrons. The highest BCUT2D eigenvalue weighted by atomic mass is 35.5. The van der Waals surface area contributed by atoms with E-state index in [4.69, 9.17) is 43.1 Å². The van der Waals surface area contributed by atoms with Gasteiger partial charge in [0.15, 0.2) is 0 Å². The lowest BCUT2D eigenvalue weighted by Gasteiger charge is -2.31. The second kappa shape index (κ2) is 20.1. The Bertz CT molecular complexity index is 2260. The molecular formula is C50H46Cl2N2O4. The van der Waals surface area contributed by atoms with E-state index >= 15 is 0 Å². The lowest BCUT2D eigenvalue weighted by molar-refractivity contribution is 0.107. The Kier molecular flexibility index (Phi) is 14.0. The summed E-state index contributed by atoms with van der Waals surface area (Å²) < 4.78 is 18.3. The number of nitrogens with two attached hydrogens (primary N) is 1. The highest BCUT2D eigenvalue weighted by molar-refractivity contribution is 6.32. The van der Waals surface area contributed by atoms with Gasteiger partial charge < -0.3 is 25.1 Å². The van der Waals surface area contributed by atoms with Gasteiger partial charge in [0.25, 0.3) is 0 Å². The lowest BCUT2D eigenvalue weighted by atomic mass is 9.90. The van der Waals surface area contributed by atoms with Crippen molar-refractivity contribution in [2.24, 2.45) is 0 Å². The molecule has 0 bridgehead atoms. The second-order valence-corrected chi connectivity index (χ2v) is 15.1. The normalized spacial score (nSPS) is 11.7. The van der Waals surface area contributed by atoms with Crippen LogP contribution < -0.4 is 19.9 Å². The second-order valence-electron chi connectivity index (χ2n) is 14.2. The van der Waals surface area contributed by atoms with Gasteiger partial charge in [0.05, 0.1) is 21.8 Å². The Hall–Kier alpha value is -5.76. The van der Waals surface area contributed by atoms with Crippen LogP contribution in [0.4, 0.5) is 5.69 Å². The molecular weight excluding hydrogens is 763 g/mol. The summed E-state index contributed by atoms with van der Waals surface area (Å²) in [5.74, 6) is 1.57. The molecule has 0 aliphatic heterocycles. The number of benzene rings is 7. The largest absolute Gasteiger partial charge is 0.487 e. The topological polar surface area (TPSA) is 77.2 Å². The summed E-state index contributed by atoms with van der Waals surface area (Å²) in [6.07, 6.45) is -0.843. The van der Waals surface area contributed by atoms with E-state index in [1.807, 2.05) is 146 Å². The van der Waals surface area contributed by atoms with E-state index in [1.54, 1.807) is 6.07 Å². The van der Waals surface area contributed by atoms with Crippen LogP contribution in [0.5, 0.6) is 17.2 Å². The summed E-state index contributed by atoms with van der Waals surface area (Å²) in [4.78, 5) is 2.25. The van der Waals surface area contributed by atoms with Crippen LogP contribution in [0, 0.1) is 0 Å². The van der Waals surface area contributed by atoms with Crippen molar-refractivity contribution in [3.8, 4) is 17.2 Å². The zero-order chi connectivity index (χ0) is 40.1. The van der Waals surface area contributed by atoms with Crippen LogP contribution in [0.25, 0.3) is 0 Å². The van der Waals surface area contributed by atoms with Crippen molar-refractivity contribution < 1.29 is 19.3 Å². The number of rotatable bonds is 18. The van der Waals surface area contributed by atoms with Crippen molar-refractivity contribution in [3.63, 3.8) is 0 Å². The smallest absolute Gasteiger partial charge is 0.142 e. The monoisotopic (exact) mass is 808 g/mol. The molecule has 3 N–H and O–H groups in total. The van der Waals surface area contributed by atoms with Gasteiger partial charge in [-0.15, -0.1) is 0 Å². The number of ether oxygens (including phenoxy) is 3. The van der Waals surface area contributed by atoms with E-state index in [1.165, 1.54) is 0 Å². The molecule has 0 aliphatic rings. The molecule has 1 atom stereocenters. The Morgan fingerprint density at radius 2 is 0.862 bits per heavy atom. The SMILES string of the molecule is Nc1cc([C@@H](O)CN(Cc2ccccc2)CC(c2ccc(OCc3ccccc3)c(Cl)c2)c2ccc(OCc3ccccc3)c(Cl)c2)ccc1OCc1ccccc1. The van der Waals surface area contributed by atoms with Gasteiger partial charge in [-0.3, -0.25) is 4.90 Å². The molecule has 0 aromatic heterocycles. The molecule has 0 radical (unpaired) electrons. The summed E-state index contributed by atoms with van der Waals surface area (Å²) in [6.45, 7) is 2.63. The molecule has 0 amide bonds. The molecule has 8 heteroatoms. The Labute approximate surface area is 351 Å². The quantitative estimate of drug-likeness (QED) is 0.0841. The number of aliphatic hydroxyl groups is 1. The van der Waals surface area contributed by atoms with Gasteiger partial charge in [-0.2, -0.15) is 0 Å². The Balaban J connectivity index is 1.16. The Morgan fingerprint density at radius 3 is 1.29 bits per heavy atom. The first kappa shape index (κ1) is 40.4. The molecule has 7 aromatic carbocycles. The Morgan fingerprint density at radius 1 is 0.466 bits per heavy atom. The van der Waals surface area contributed by atoms with Crippen LogP contribution in [0.15, 0.2) is 176 Å². The van der Waals surface area contributed by atoms with Crippen LogP contribution in [-0.2, 0) is 26.4 Å². The molecule has 6 nitrogen and oxygen atoms in total. The third-order valence-electron chi connectivity index (χ3n) is 9.97. The highest BCUT2D eigenvalue weighted by Crippen LogP contribution is 2.37. The maximum atomic E-state index is 11.8. The molecule has 0 saturated carbocycles. The zero-order valence-electron chi connectivity index (χ0n) is 32.1. The predicted octanol–water partition coefficient (Wildman–Crippen LogP) is 11.7. The van der Waals surface area contributed by atoms with E-state index in [0.29, 0.717) is 78.0 Å². The molecule has 0 fully saturated rings. The van der Waals surface area contributed by atoms with Gasteiger partial charge in [-0.05, 0) is 75.3 Å². The minimum atomic E-state index is -0.843.